The number of nitrogens with one attached hydrogen (secondary N) is 1. The minimum atomic E-state index is -4.25. The number of allylic oxidation sites excluding steroid dienone is 4. The highest BCUT2D eigenvalue weighted by atomic mass is 32.2. The lowest BCUT2D eigenvalue weighted by Crippen LogP contribution is -2.20. The molecule has 0 saturated heterocycles. The van der Waals surface area contributed by atoms with Crippen molar-refractivity contribution in [1.82, 2.24) is 0 Å². The van der Waals surface area contributed by atoms with Crippen LogP contribution in [0.1, 0.15) is 25.0 Å². The number of anilines is 1. The molecule has 0 spiro atoms. The second-order valence-corrected chi connectivity index (χ2v) is 8.25. The predicted molar refractivity (Wildman–Crippen MR) is 112 cm³/mol. The summed E-state index contributed by atoms with van der Waals surface area (Å²) in [5.41, 5.74) is 3.06. The van der Waals surface area contributed by atoms with Crippen LogP contribution in [0.25, 0.3) is 0 Å². The van der Waals surface area contributed by atoms with E-state index in [4.69, 9.17) is 0 Å². The van der Waals surface area contributed by atoms with Gasteiger partial charge < -0.3 is 5.32 Å². The summed E-state index contributed by atoms with van der Waals surface area (Å²) in [5, 5.41) is 3.17. The normalized spacial score (nSPS) is 12.6. The van der Waals surface area contributed by atoms with Gasteiger partial charge in [-0.15, -0.1) is 0 Å². The van der Waals surface area contributed by atoms with Gasteiger partial charge in [-0.05, 0) is 54.0 Å². The maximum absolute atomic E-state index is 11.5. The third-order valence-corrected chi connectivity index (χ3v) is 5.36. The number of hydrogen-bond acceptors (Lipinski definition) is 3. The van der Waals surface area contributed by atoms with Crippen LogP contribution in [0, 0.1) is 6.92 Å². The fourth-order valence-electron chi connectivity index (χ4n) is 2.72. The first-order chi connectivity index (χ1) is 12.6. The molecular weight excluding hydrogens is 358 g/mol. The summed E-state index contributed by atoms with van der Waals surface area (Å²) in [4.78, 5) is -0.111. The lowest BCUT2D eigenvalue weighted by atomic mass is 9.76. The van der Waals surface area contributed by atoms with E-state index in [1.807, 2.05) is 75.5 Å². The van der Waals surface area contributed by atoms with Gasteiger partial charge in [0.2, 0.25) is 0 Å². The van der Waals surface area contributed by atoms with Gasteiger partial charge in [0.05, 0.1) is 4.90 Å². The zero-order chi connectivity index (χ0) is 20.1. The fourth-order valence-corrected chi connectivity index (χ4v) is 3.23. The number of para-hydroxylation sites is 1. The van der Waals surface area contributed by atoms with E-state index in [1.54, 1.807) is 6.07 Å². The lowest BCUT2D eigenvalue weighted by Gasteiger charge is -2.28. The molecule has 142 valence electrons. The van der Waals surface area contributed by atoms with Gasteiger partial charge in [0.1, 0.15) is 0 Å². The van der Waals surface area contributed by atoms with Crippen molar-refractivity contribution in [2.45, 2.75) is 31.1 Å². The second kappa shape index (κ2) is 8.37. The molecule has 0 unspecified atom stereocenters. The first-order valence-corrected chi connectivity index (χ1v) is 9.99. The maximum Gasteiger partial charge on any atom is 0.294 e. The van der Waals surface area contributed by atoms with E-state index in [0.29, 0.717) is 0 Å². The molecule has 0 atom stereocenters. The molecule has 4 nitrogen and oxygen atoms in total. The lowest BCUT2D eigenvalue weighted by molar-refractivity contribution is 0.482. The Balaban J connectivity index is 2.15. The van der Waals surface area contributed by atoms with Gasteiger partial charge in [0.15, 0.2) is 0 Å². The van der Waals surface area contributed by atoms with Crippen LogP contribution in [-0.2, 0) is 15.5 Å². The molecule has 2 N–H and O–H groups in total. The summed E-state index contributed by atoms with van der Waals surface area (Å²) in [6, 6.07) is 14.4. The van der Waals surface area contributed by atoms with Crippen molar-refractivity contribution in [3.8, 4) is 0 Å². The molecule has 0 aromatic heterocycles. The van der Waals surface area contributed by atoms with Gasteiger partial charge in [-0.2, -0.15) is 8.42 Å². The van der Waals surface area contributed by atoms with E-state index in [9.17, 15) is 13.0 Å². The molecule has 0 aliphatic heterocycles. The van der Waals surface area contributed by atoms with Crippen molar-refractivity contribution in [3.63, 3.8) is 0 Å². The van der Waals surface area contributed by atoms with Crippen LogP contribution in [0.5, 0.6) is 0 Å². The minimum Gasteiger partial charge on any atom is -0.362 e. The van der Waals surface area contributed by atoms with Crippen molar-refractivity contribution in [1.29, 1.82) is 0 Å². The molecular formula is C22H25NO3S. The molecule has 0 aliphatic rings. The summed E-state index contributed by atoms with van der Waals surface area (Å²) < 4.78 is 32.2. The zero-order valence-corrected chi connectivity index (χ0v) is 16.6. The molecule has 0 amide bonds. The average Bonchev–Trinajstić information content (AvgIpc) is 2.61. The topological polar surface area (TPSA) is 66.4 Å². The van der Waals surface area contributed by atoms with Crippen LogP contribution in [0.15, 0.2) is 90.0 Å². The Hall–Kier alpha value is -2.63. The first kappa shape index (κ1) is 20.7. The number of hydrogen-bond donors (Lipinski definition) is 2. The molecule has 0 heterocycles. The van der Waals surface area contributed by atoms with Crippen LogP contribution >= 0.6 is 0 Å². The number of aryl methyl sites for hydroxylation is 1. The first-order valence-electron chi connectivity index (χ1n) is 8.55. The smallest absolute Gasteiger partial charge is 0.294 e. The van der Waals surface area contributed by atoms with Gasteiger partial charge >= 0.3 is 0 Å². The molecule has 2 aromatic carbocycles. The Bertz CT molecular complexity index is 972. The Kier molecular flexibility index (Phi) is 6.41. The van der Waals surface area contributed by atoms with E-state index >= 15 is 0 Å². The van der Waals surface area contributed by atoms with E-state index < -0.39 is 15.5 Å². The van der Waals surface area contributed by atoms with Gasteiger partial charge in [-0.25, -0.2) is 0 Å². The highest BCUT2D eigenvalue weighted by Crippen LogP contribution is 2.34. The Morgan fingerprint density at radius 1 is 1.11 bits per heavy atom. The summed E-state index contributed by atoms with van der Waals surface area (Å²) in [5.74, 6) is 0. The SMILES string of the molecule is C=C(/C=C/C=C/Nc1ccccc1)C(C)(C)c1cc(S(=O)(=O)O)ccc1C. The molecule has 0 saturated carbocycles. The van der Waals surface area contributed by atoms with Gasteiger partial charge in [-0.1, -0.05) is 56.8 Å². The second-order valence-electron chi connectivity index (χ2n) is 6.83. The largest absolute Gasteiger partial charge is 0.362 e. The molecule has 0 radical (unpaired) electrons. The van der Waals surface area contributed by atoms with Gasteiger partial charge in [0.25, 0.3) is 10.1 Å². The number of benzene rings is 2. The summed E-state index contributed by atoms with van der Waals surface area (Å²) >= 11 is 0. The molecule has 2 aromatic rings. The van der Waals surface area contributed by atoms with Crippen LogP contribution in [0.3, 0.4) is 0 Å². The van der Waals surface area contributed by atoms with E-state index in [2.05, 4.69) is 11.9 Å². The van der Waals surface area contributed by atoms with Crippen LogP contribution < -0.4 is 5.32 Å². The minimum absolute atomic E-state index is 0.111. The van der Waals surface area contributed by atoms with Crippen LogP contribution in [-0.4, -0.2) is 13.0 Å². The molecule has 27 heavy (non-hydrogen) atoms. The standard InChI is InChI=1S/C22H25NO3S/c1-17-13-14-20(27(24,25)26)16-21(17)22(3,4)18(2)10-8-9-15-23-19-11-6-5-7-12-19/h5-16,23H,2H2,1,3-4H3,(H,24,25,26)/b10-8+,15-9+. The van der Waals surface area contributed by atoms with Crippen molar-refractivity contribution in [2.75, 3.05) is 5.32 Å². The number of rotatable bonds is 7. The summed E-state index contributed by atoms with van der Waals surface area (Å²) in [6.45, 7) is 9.99. The third-order valence-electron chi connectivity index (χ3n) is 4.51. The third kappa shape index (κ3) is 5.42. The molecule has 0 fully saturated rings. The zero-order valence-electron chi connectivity index (χ0n) is 15.8. The molecule has 5 heteroatoms. The predicted octanol–water partition coefficient (Wildman–Crippen LogP) is 5.26. The van der Waals surface area contributed by atoms with Gasteiger partial charge in [-0.3, -0.25) is 4.55 Å². The van der Waals surface area contributed by atoms with Crippen molar-refractivity contribution in [3.05, 3.63) is 96.2 Å². The van der Waals surface area contributed by atoms with Gasteiger partial charge in [0, 0.05) is 17.3 Å². The van der Waals surface area contributed by atoms with Crippen molar-refractivity contribution in [2.24, 2.45) is 0 Å². The van der Waals surface area contributed by atoms with Crippen LogP contribution in [0.4, 0.5) is 5.69 Å². The summed E-state index contributed by atoms with van der Waals surface area (Å²) in [7, 11) is -4.25. The van der Waals surface area contributed by atoms with E-state index in [0.717, 1.165) is 22.4 Å². The van der Waals surface area contributed by atoms with Crippen molar-refractivity contribution < 1.29 is 13.0 Å². The van der Waals surface area contributed by atoms with Crippen molar-refractivity contribution >= 4 is 15.8 Å². The molecule has 0 aliphatic carbocycles. The highest BCUT2D eigenvalue weighted by molar-refractivity contribution is 7.85. The van der Waals surface area contributed by atoms with E-state index in [1.165, 1.54) is 12.1 Å². The highest BCUT2D eigenvalue weighted by Gasteiger charge is 2.26. The Labute approximate surface area is 161 Å². The molecule has 0 bridgehead atoms. The Morgan fingerprint density at radius 3 is 2.41 bits per heavy atom. The Morgan fingerprint density at radius 2 is 1.78 bits per heavy atom. The van der Waals surface area contributed by atoms with E-state index in [-0.39, 0.29) is 4.90 Å². The monoisotopic (exact) mass is 383 g/mol. The fraction of sp³-hybridized carbons (Fsp3) is 0.182. The van der Waals surface area contributed by atoms with Crippen LogP contribution in [0.2, 0.25) is 0 Å². The maximum atomic E-state index is 11.5. The summed E-state index contributed by atoms with van der Waals surface area (Å²) in [6.07, 6.45) is 7.47. The molecule has 2 rings (SSSR count). The quantitative estimate of drug-likeness (QED) is 0.506. The average molecular weight is 384 g/mol.